The third-order valence-corrected chi connectivity index (χ3v) is 3.21. The number of hydrogen-bond acceptors (Lipinski definition) is 2. The Morgan fingerprint density at radius 1 is 0.706 bits per heavy atom. The van der Waals surface area contributed by atoms with Crippen LogP contribution in [0.3, 0.4) is 0 Å². The Morgan fingerprint density at radius 3 is 2.06 bits per heavy atom. The summed E-state index contributed by atoms with van der Waals surface area (Å²) in [4.78, 5) is 4.33. The fourth-order valence-electron chi connectivity index (χ4n) is 2.47. The van der Waals surface area contributed by atoms with E-state index in [0.29, 0.717) is 0 Å². The van der Waals surface area contributed by atoms with Crippen LogP contribution < -0.4 is 0 Å². The molecule has 2 nitrogen and oxygen atoms in total. The summed E-state index contributed by atoms with van der Waals surface area (Å²) >= 11 is 0. The van der Waals surface area contributed by atoms with Crippen molar-refractivity contribution in [3.05, 3.63) is 54.9 Å². The van der Waals surface area contributed by atoms with Crippen LogP contribution in [0.1, 0.15) is 0 Å². The molecule has 0 aliphatic heterocycles. The van der Waals surface area contributed by atoms with Crippen molar-refractivity contribution < 1.29 is 4.42 Å². The summed E-state index contributed by atoms with van der Waals surface area (Å²) in [5.74, 6) is 0. The van der Waals surface area contributed by atoms with Crippen molar-refractivity contribution in [2.45, 2.75) is 0 Å². The van der Waals surface area contributed by atoms with Crippen LogP contribution in [-0.4, -0.2) is 4.98 Å². The molecule has 0 spiro atoms. The zero-order chi connectivity index (χ0) is 11.2. The van der Waals surface area contributed by atoms with E-state index >= 15 is 0 Å². The number of nitrogens with zero attached hydrogens (tertiary/aromatic N) is 1. The molecule has 0 saturated carbocycles. The fraction of sp³-hybridized carbons (Fsp3) is 0. The van der Waals surface area contributed by atoms with Gasteiger partial charge in [-0.2, -0.15) is 0 Å². The van der Waals surface area contributed by atoms with Crippen LogP contribution in [0.15, 0.2) is 59.3 Å². The fourth-order valence-corrected chi connectivity index (χ4v) is 2.47. The van der Waals surface area contributed by atoms with Crippen molar-refractivity contribution in [3.8, 4) is 0 Å². The molecule has 4 rings (SSSR count). The lowest BCUT2D eigenvalue weighted by molar-refractivity contribution is 0.605. The minimum atomic E-state index is 0.874. The first kappa shape index (κ1) is 8.76. The van der Waals surface area contributed by atoms with E-state index in [1.54, 1.807) is 0 Å². The molecule has 0 saturated heterocycles. The Bertz CT molecular complexity index is 775. The van der Waals surface area contributed by atoms with Crippen molar-refractivity contribution in [2.24, 2.45) is 0 Å². The summed E-state index contributed by atoms with van der Waals surface area (Å²) in [5, 5.41) is 4.71. The zero-order valence-electron chi connectivity index (χ0n) is 9.05. The lowest BCUT2D eigenvalue weighted by atomic mass is 10.0. The number of benzene rings is 3. The molecule has 0 radical (unpaired) electrons. The minimum absolute atomic E-state index is 0.874. The Hall–Kier alpha value is -2.35. The van der Waals surface area contributed by atoms with E-state index in [4.69, 9.17) is 4.42 Å². The van der Waals surface area contributed by atoms with E-state index < -0.39 is 0 Å². The molecule has 2 heteroatoms. The maximum atomic E-state index is 5.53. The van der Waals surface area contributed by atoms with Crippen LogP contribution in [0.4, 0.5) is 0 Å². The molecule has 1 aromatic heterocycles. The molecule has 1 heterocycles. The van der Waals surface area contributed by atoms with E-state index in [1.165, 1.54) is 17.2 Å². The van der Waals surface area contributed by atoms with E-state index in [2.05, 4.69) is 41.4 Å². The lowest BCUT2D eigenvalue weighted by Crippen LogP contribution is -1.80. The van der Waals surface area contributed by atoms with Gasteiger partial charge < -0.3 is 4.42 Å². The molecule has 0 aliphatic carbocycles. The van der Waals surface area contributed by atoms with Crippen LogP contribution >= 0.6 is 0 Å². The van der Waals surface area contributed by atoms with Gasteiger partial charge in [0, 0.05) is 10.8 Å². The van der Waals surface area contributed by atoms with Crippen LogP contribution in [0.2, 0.25) is 0 Å². The average Bonchev–Trinajstić information content (AvgIpc) is 2.89. The predicted molar refractivity (Wildman–Crippen MR) is 69.0 cm³/mol. The first-order chi connectivity index (χ1) is 8.45. The summed E-state index contributed by atoms with van der Waals surface area (Å²) in [6, 6.07) is 16.6. The second-order valence-electron chi connectivity index (χ2n) is 4.12. The van der Waals surface area contributed by atoms with Gasteiger partial charge >= 0.3 is 0 Å². The molecular weight excluding hydrogens is 210 g/mol. The largest absolute Gasteiger partial charge is 0.443 e. The molecule has 0 unspecified atom stereocenters. The van der Waals surface area contributed by atoms with Crippen molar-refractivity contribution in [2.75, 3.05) is 0 Å². The molecule has 17 heavy (non-hydrogen) atoms. The molecular formula is C15H9NO. The van der Waals surface area contributed by atoms with Crippen molar-refractivity contribution >= 4 is 32.6 Å². The van der Waals surface area contributed by atoms with Gasteiger partial charge in [-0.3, -0.25) is 0 Å². The predicted octanol–water partition coefficient (Wildman–Crippen LogP) is 4.13. The second kappa shape index (κ2) is 3.08. The summed E-state index contributed by atoms with van der Waals surface area (Å²) in [6.07, 6.45) is 1.52. The van der Waals surface area contributed by atoms with Gasteiger partial charge in [-0.1, -0.05) is 48.5 Å². The highest BCUT2D eigenvalue weighted by Crippen LogP contribution is 2.33. The van der Waals surface area contributed by atoms with Gasteiger partial charge in [-0.15, -0.1) is 0 Å². The Kier molecular flexibility index (Phi) is 1.59. The highest BCUT2D eigenvalue weighted by Gasteiger charge is 2.10. The summed E-state index contributed by atoms with van der Waals surface area (Å²) in [7, 11) is 0. The number of hydrogen-bond donors (Lipinski definition) is 0. The zero-order valence-corrected chi connectivity index (χ0v) is 9.05. The quantitative estimate of drug-likeness (QED) is 0.415. The molecule has 0 amide bonds. The molecule has 80 valence electrons. The number of fused-ring (bicyclic) bond motifs is 6. The number of rotatable bonds is 0. The van der Waals surface area contributed by atoms with Gasteiger partial charge in [-0.05, 0) is 10.8 Å². The molecule has 4 aromatic rings. The van der Waals surface area contributed by atoms with Gasteiger partial charge in [0.15, 0.2) is 12.0 Å². The van der Waals surface area contributed by atoms with Crippen molar-refractivity contribution in [1.29, 1.82) is 0 Å². The topological polar surface area (TPSA) is 26.0 Å². The van der Waals surface area contributed by atoms with Crippen molar-refractivity contribution in [1.82, 2.24) is 4.98 Å². The SMILES string of the molecule is c1ccc2c(c1)c1ccccc1c1ocnc21. The monoisotopic (exact) mass is 219 g/mol. The maximum Gasteiger partial charge on any atom is 0.182 e. The van der Waals surface area contributed by atoms with Crippen LogP contribution in [0.25, 0.3) is 32.6 Å². The average molecular weight is 219 g/mol. The minimum Gasteiger partial charge on any atom is -0.443 e. The third-order valence-electron chi connectivity index (χ3n) is 3.21. The summed E-state index contributed by atoms with van der Waals surface area (Å²) < 4.78 is 5.53. The summed E-state index contributed by atoms with van der Waals surface area (Å²) in [5.41, 5.74) is 1.82. The first-order valence-electron chi connectivity index (χ1n) is 5.58. The van der Waals surface area contributed by atoms with Crippen molar-refractivity contribution in [3.63, 3.8) is 0 Å². The van der Waals surface area contributed by atoms with Crippen LogP contribution in [0.5, 0.6) is 0 Å². The Morgan fingerprint density at radius 2 is 1.29 bits per heavy atom. The molecule has 0 bridgehead atoms. The van der Waals surface area contributed by atoms with Crippen LogP contribution in [-0.2, 0) is 0 Å². The maximum absolute atomic E-state index is 5.53. The highest BCUT2D eigenvalue weighted by atomic mass is 16.3. The number of aromatic nitrogens is 1. The van der Waals surface area contributed by atoms with E-state index in [-0.39, 0.29) is 0 Å². The third kappa shape index (κ3) is 1.07. The lowest BCUT2D eigenvalue weighted by Gasteiger charge is -2.04. The normalized spacial score (nSPS) is 11.5. The molecule has 0 fully saturated rings. The highest BCUT2D eigenvalue weighted by molar-refractivity contribution is 6.22. The van der Waals surface area contributed by atoms with Gasteiger partial charge in [0.1, 0.15) is 5.52 Å². The summed E-state index contributed by atoms with van der Waals surface area (Å²) in [6.45, 7) is 0. The molecule has 0 atom stereocenters. The van der Waals surface area contributed by atoms with Gasteiger partial charge in [0.05, 0.1) is 0 Å². The second-order valence-corrected chi connectivity index (χ2v) is 4.12. The van der Waals surface area contributed by atoms with E-state index in [9.17, 15) is 0 Å². The standard InChI is InChI=1S/C15H9NO/c1-3-7-12-10(5-1)11-6-2-4-8-13(11)15-14(12)16-9-17-15/h1-9H. The Balaban J connectivity index is 2.48. The van der Waals surface area contributed by atoms with E-state index in [1.807, 2.05) is 12.1 Å². The molecule has 3 aromatic carbocycles. The van der Waals surface area contributed by atoms with E-state index in [0.717, 1.165) is 21.9 Å². The Labute approximate surface area is 97.5 Å². The smallest absolute Gasteiger partial charge is 0.182 e. The molecule has 0 N–H and O–H groups in total. The van der Waals surface area contributed by atoms with Crippen LogP contribution in [0, 0.1) is 0 Å². The van der Waals surface area contributed by atoms with Gasteiger partial charge in [0.2, 0.25) is 0 Å². The first-order valence-corrected chi connectivity index (χ1v) is 5.58. The molecule has 0 aliphatic rings. The number of oxazole rings is 1. The van der Waals surface area contributed by atoms with Gasteiger partial charge in [0.25, 0.3) is 0 Å². The van der Waals surface area contributed by atoms with Gasteiger partial charge in [-0.25, -0.2) is 4.98 Å².